The summed E-state index contributed by atoms with van der Waals surface area (Å²) in [4.78, 5) is 8.43. The van der Waals surface area contributed by atoms with Gasteiger partial charge >= 0.3 is 0 Å². The molecule has 0 saturated carbocycles. The normalized spacial score (nSPS) is 10.7. The van der Waals surface area contributed by atoms with E-state index in [1.807, 2.05) is 27.7 Å². The Morgan fingerprint density at radius 2 is 1.89 bits per heavy atom. The first-order chi connectivity index (χ1) is 8.49. The quantitative estimate of drug-likeness (QED) is 0.866. The van der Waals surface area contributed by atoms with Crippen molar-refractivity contribution in [2.45, 2.75) is 34.2 Å². The minimum Gasteiger partial charge on any atom is -0.365 e. The Hall–Kier alpha value is -1.62. The fourth-order valence-corrected chi connectivity index (χ4v) is 1.90. The Labute approximate surface area is 111 Å². The third-order valence-electron chi connectivity index (χ3n) is 2.81. The highest BCUT2D eigenvalue weighted by Gasteiger charge is 2.11. The van der Waals surface area contributed by atoms with Crippen LogP contribution in [0, 0.1) is 27.7 Å². The third-order valence-corrected chi connectivity index (χ3v) is 3.18. The van der Waals surface area contributed by atoms with E-state index in [9.17, 15) is 0 Å². The predicted molar refractivity (Wildman–Crippen MR) is 69.8 cm³/mol. The fourth-order valence-electron chi connectivity index (χ4n) is 1.69. The summed E-state index contributed by atoms with van der Waals surface area (Å²) in [5.74, 6) is 2.20. The maximum absolute atomic E-state index is 6.02. The van der Waals surface area contributed by atoms with Crippen LogP contribution in [0.5, 0.6) is 0 Å². The van der Waals surface area contributed by atoms with E-state index in [4.69, 9.17) is 16.1 Å². The van der Waals surface area contributed by atoms with Crippen molar-refractivity contribution in [2.75, 3.05) is 5.32 Å². The van der Waals surface area contributed by atoms with E-state index in [0.29, 0.717) is 17.5 Å². The Balaban J connectivity index is 2.21. The smallest absolute Gasteiger partial charge is 0.138 e. The van der Waals surface area contributed by atoms with Gasteiger partial charge in [0.15, 0.2) is 0 Å². The number of aromatic nitrogens is 3. The van der Waals surface area contributed by atoms with Crippen molar-refractivity contribution in [1.82, 2.24) is 15.1 Å². The second-order valence-electron chi connectivity index (χ2n) is 4.19. The summed E-state index contributed by atoms with van der Waals surface area (Å²) in [5, 5.41) is 7.63. The average Bonchev–Trinajstić information content (AvgIpc) is 2.62. The molecule has 0 fully saturated rings. The number of nitrogens with one attached hydrogen (secondary N) is 1. The molecule has 0 amide bonds. The van der Waals surface area contributed by atoms with Gasteiger partial charge in [-0.05, 0) is 27.7 Å². The van der Waals surface area contributed by atoms with Crippen molar-refractivity contribution < 1.29 is 4.52 Å². The molecule has 0 aliphatic rings. The average molecular weight is 267 g/mol. The lowest BCUT2D eigenvalue weighted by atomic mass is 10.2. The molecule has 5 nitrogen and oxygen atoms in total. The topological polar surface area (TPSA) is 63.8 Å². The Morgan fingerprint density at radius 1 is 1.17 bits per heavy atom. The summed E-state index contributed by atoms with van der Waals surface area (Å²) in [6.45, 7) is 8.11. The van der Waals surface area contributed by atoms with Crippen LogP contribution in [0.1, 0.15) is 28.4 Å². The summed E-state index contributed by atoms with van der Waals surface area (Å²) in [6.07, 6.45) is 0. The molecule has 2 rings (SSSR count). The van der Waals surface area contributed by atoms with Crippen molar-refractivity contribution in [3.63, 3.8) is 0 Å². The van der Waals surface area contributed by atoms with Gasteiger partial charge in [-0.1, -0.05) is 16.8 Å². The van der Waals surface area contributed by atoms with Gasteiger partial charge in [0.05, 0.1) is 5.69 Å². The zero-order chi connectivity index (χ0) is 13.3. The summed E-state index contributed by atoms with van der Waals surface area (Å²) in [5.41, 5.74) is 2.77. The van der Waals surface area contributed by atoms with E-state index in [2.05, 4.69) is 20.4 Å². The van der Waals surface area contributed by atoms with Crippen LogP contribution in [0.4, 0.5) is 5.82 Å². The molecule has 0 bridgehead atoms. The molecule has 2 aromatic heterocycles. The maximum atomic E-state index is 6.02. The van der Waals surface area contributed by atoms with Crippen LogP contribution in [-0.4, -0.2) is 15.1 Å². The molecule has 0 aliphatic carbocycles. The van der Waals surface area contributed by atoms with Crippen LogP contribution >= 0.6 is 11.6 Å². The second kappa shape index (κ2) is 4.94. The number of rotatable bonds is 3. The molecule has 2 heterocycles. The first-order valence-electron chi connectivity index (χ1n) is 5.65. The molecule has 2 aromatic rings. The number of hydrogen-bond acceptors (Lipinski definition) is 5. The lowest BCUT2D eigenvalue weighted by molar-refractivity contribution is 0.392. The van der Waals surface area contributed by atoms with E-state index in [-0.39, 0.29) is 0 Å². The summed E-state index contributed by atoms with van der Waals surface area (Å²) in [6, 6.07) is 0. The Kier molecular flexibility index (Phi) is 3.52. The van der Waals surface area contributed by atoms with Gasteiger partial charge in [0.2, 0.25) is 0 Å². The largest absolute Gasteiger partial charge is 0.365 e. The highest BCUT2D eigenvalue weighted by atomic mass is 35.5. The predicted octanol–water partition coefficient (Wildman–Crippen LogP) is 2.96. The van der Waals surface area contributed by atoms with Crippen LogP contribution < -0.4 is 5.32 Å². The fraction of sp³-hybridized carbons (Fsp3) is 0.417. The molecule has 0 unspecified atom stereocenters. The monoisotopic (exact) mass is 266 g/mol. The van der Waals surface area contributed by atoms with E-state index in [1.165, 1.54) is 0 Å². The maximum Gasteiger partial charge on any atom is 0.138 e. The molecule has 0 spiro atoms. The lowest BCUT2D eigenvalue weighted by Crippen LogP contribution is -2.07. The number of anilines is 1. The van der Waals surface area contributed by atoms with E-state index in [0.717, 1.165) is 28.4 Å². The molecule has 0 saturated heterocycles. The summed E-state index contributed by atoms with van der Waals surface area (Å²) in [7, 11) is 0. The molecule has 6 heteroatoms. The van der Waals surface area contributed by atoms with E-state index in [1.54, 1.807) is 0 Å². The van der Waals surface area contributed by atoms with Gasteiger partial charge in [-0.3, -0.25) is 0 Å². The minimum atomic E-state index is 0.476. The molecule has 18 heavy (non-hydrogen) atoms. The first kappa shape index (κ1) is 12.8. The standard InChI is InChI=1S/C12H15ClN4O/c1-6-11(13)15-9(4)16-12(6)14-5-10-7(2)17-18-8(10)3/h5H2,1-4H3,(H,14,15,16). The molecular formula is C12H15ClN4O. The van der Waals surface area contributed by atoms with Crippen molar-refractivity contribution >= 4 is 17.4 Å². The lowest BCUT2D eigenvalue weighted by Gasteiger charge is -2.09. The Bertz CT molecular complexity index is 560. The zero-order valence-corrected chi connectivity index (χ0v) is 11.6. The second-order valence-corrected chi connectivity index (χ2v) is 4.55. The summed E-state index contributed by atoms with van der Waals surface area (Å²) >= 11 is 6.02. The number of halogens is 1. The molecule has 96 valence electrons. The first-order valence-corrected chi connectivity index (χ1v) is 6.03. The van der Waals surface area contributed by atoms with Crippen LogP contribution in [0.3, 0.4) is 0 Å². The van der Waals surface area contributed by atoms with Crippen molar-refractivity contribution in [1.29, 1.82) is 0 Å². The van der Waals surface area contributed by atoms with Gasteiger partial charge in [-0.2, -0.15) is 0 Å². The highest BCUT2D eigenvalue weighted by Crippen LogP contribution is 2.21. The Morgan fingerprint density at radius 3 is 2.50 bits per heavy atom. The van der Waals surface area contributed by atoms with Gasteiger partial charge in [-0.15, -0.1) is 0 Å². The van der Waals surface area contributed by atoms with Gasteiger partial charge in [-0.25, -0.2) is 9.97 Å². The highest BCUT2D eigenvalue weighted by molar-refractivity contribution is 6.30. The van der Waals surface area contributed by atoms with Crippen LogP contribution in [-0.2, 0) is 6.54 Å². The van der Waals surface area contributed by atoms with Crippen LogP contribution in [0.2, 0.25) is 5.15 Å². The SMILES string of the molecule is Cc1nc(Cl)c(C)c(NCc2c(C)noc2C)n1. The minimum absolute atomic E-state index is 0.476. The number of aryl methyl sites for hydroxylation is 3. The molecule has 0 aliphatic heterocycles. The van der Waals surface area contributed by atoms with Gasteiger partial charge < -0.3 is 9.84 Å². The van der Waals surface area contributed by atoms with Crippen LogP contribution in [0.25, 0.3) is 0 Å². The number of hydrogen-bond donors (Lipinski definition) is 1. The van der Waals surface area contributed by atoms with E-state index < -0.39 is 0 Å². The summed E-state index contributed by atoms with van der Waals surface area (Å²) < 4.78 is 5.11. The zero-order valence-electron chi connectivity index (χ0n) is 10.8. The molecule has 0 atom stereocenters. The molecule has 1 N–H and O–H groups in total. The third kappa shape index (κ3) is 2.46. The molecule has 0 radical (unpaired) electrons. The van der Waals surface area contributed by atoms with Crippen molar-refractivity contribution in [3.8, 4) is 0 Å². The van der Waals surface area contributed by atoms with Gasteiger partial charge in [0.1, 0.15) is 22.6 Å². The molecule has 0 aromatic carbocycles. The van der Waals surface area contributed by atoms with Crippen LogP contribution in [0.15, 0.2) is 4.52 Å². The van der Waals surface area contributed by atoms with Gasteiger partial charge in [0.25, 0.3) is 0 Å². The number of nitrogens with zero attached hydrogens (tertiary/aromatic N) is 3. The van der Waals surface area contributed by atoms with Crippen molar-refractivity contribution in [3.05, 3.63) is 33.6 Å². The van der Waals surface area contributed by atoms with E-state index >= 15 is 0 Å². The van der Waals surface area contributed by atoms with Crippen molar-refractivity contribution in [2.24, 2.45) is 0 Å². The van der Waals surface area contributed by atoms with Gasteiger partial charge in [0, 0.05) is 17.7 Å². The molecular weight excluding hydrogens is 252 g/mol.